The zero-order valence-corrected chi connectivity index (χ0v) is 12.6. The Balaban J connectivity index is 3.25. The Bertz CT molecular complexity index is 547. The van der Waals surface area contributed by atoms with Crippen LogP contribution in [0.4, 0.5) is 10.5 Å². The second-order valence-corrected chi connectivity index (χ2v) is 5.15. The van der Waals surface area contributed by atoms with E-state index in [0.29, 0.717) is 0 Å². The van der Waals surface area contributed by atoms with E-state index in [1.807, 2.05) is 0 Å². The first-order valence-electron chi connectivity index (χ1n) is 6.18. The molecule has 7 nitrogen and oxygen atoms in total. The Hall–Kier alpha value is -2.44. The molecular formula is C14H19NO6. The lowest BCUT2D eigenvalue weighted by Gasteiger charge is -2.21. The largest absolute Gasteiger partial charge is 0.496 e. The maximum Gasteiger partial charge on any atom is 0.412 e. The molecule has 0 aliphatic rings. The minimum atomic E-state index is -1.25. The number of carboxylic acid groups (broad SMARTS) is 1. The van der Waals surface area contributed by atoms with E-state index in [-0.39, 0.29) is 22.7 Å². The lowest BCUT2D eigenvalue weighted by molar-refractivity contribution is 0.0635. The van der Waals surface area contributed by atoms with Gasteiger partial charge in [0, 0.05) is 0 Å². The maximum atomic E-state index is 11.8. The molecule has 1 aromatic carbocycles. The molecule has 21 heavy (non-hydrogen) atoms. The van der Waals surface area contributed by atoms with Gasteiger partial charge in [-0.05, 0) is 32.9 Å². The molecule has 1 amide bonds. The summed E-state index contributed by atoms with van der Waals surface area (Å²) < 4.78 is 15.2. The Morgan fingerprint density at radius 1 is 1.10 bits per heavy atom. The van der Waals surface area contributed by atoms with Gasteiger partial charge < -0.3 is 19.3 Å². The highest BCUT2D eigenvalue weighted by Crippen LogP contribution is 2.35. The second-order valence-electron chi connectivity index (χ2n) is 5.15. The van der Waals surface area contributed by atoms with Crippen LogP contribution in [-0.2, 0) is 4.74 Å². The van der Waals surface area contributed by atoms with E-state index in [1.165, 1.54) is 26.4 Å². The Labute approximate surface area is 122 Å². The van der Waals surface area contributed by atoms with Crippen LogP contribution in [0, 0.1) is 0 Å². The molecule has 1 aromatic rings. The number of carboxylic acids is 1. The summed E-state index contributed by atoms with van der Waals surface area (Å²) in [5.74, 6) is -0.953. The highest BCUT2D eigenvalue weighted by atomic mass is 16.6. The van der Waals surface area contributed by atoms with Gasteiger partial charge in [0.2, 0.25) is 0 Å². The normalized spacial score (nSPS) is 10.7. The van der Waals surface area contributed by atoms with Gasteiger partial charge in [0.05, 0.1) is 14.2 Å². The number of benzene rings is 1. The Morgan fingerprint density at radius 2 is 1.62 bits per heavy atom. The molecule has 0 aliphatic carbocycles. The van der Waals surface area contributed by atoms with E-state index in [0.717, 1.165) is 0 Å². The fourth-order valence-corrected chi connectivity index (χ4v) is 1.65. The number of amides is 1. The van der Waals surface area contributed by atoms with E-state index in [2.05, 4.69) is 5.32 Å². The van der Waals surface area contributed by atoms with Crippen molar-refractivity contribution < 1.29 is 28.9 Å². The lowest BCUT2D eigenvalue weighted by Crippen LogP contribution is -2.28. The van der Waals surface area contributed by atoms with Crippen LogP contribution in [-0.4, -0.2) is 37.0 Å². The van der Waals surface area contributed by atoms with Crippen molar-refractivity contribution in [1.82, 2.24) is 0 Å². The number of aromatic carboxylic acids is 1. The zero-order valence-electron chi connectivity index (χ0n) is 12.6. The van der Waals surface area contributed by atoms with Gasteiger partial charge in [-0.25, -0.2) is 9.59 Å². The highest BCUT2D eigenvalue weighted by Gasteiger charge is 2.24. The number of methoxy groups -OCH3 is 2. The summed E-state index contributed by atoms with van der Waals surface area (Å²) in [4.78, 5) is 23.3. The Morgan fingerprint density at radius 3 is 2.05 bits per heavy atom. The molecule has 0 heterocycles. The summed E-state index contributed by atoms with van der Waals surface area (Å²) in [6, 6.07) is 2.94. The van der Waals surface area contributed by atoms with Gasteiger partial charge in [-0.3, -0.25) is 5.32 Å². The molecule has 0 aromatic heterocycles. The van der Waals surface area contributed by atoms with Crippen molar-refractivity contribution in [1.29, 1.82) is 0 Å². The van der Waals surface area contributed by atoms with E-state index >= 15 is 0 Å². The van der Waals surface area contributed by atoms with Crippen LogP contribution in [0.5, 0.6) is 11.5 Å². The van der Waals surface area contributed by atoms with Crippen LogP contribution in [0.25, 0.3) is 0 Å². The van der Waals surface area contributed by atoms with Crippen molar-refractivity contribution in [2.24, 2.45) is 0 Å². The number of anilines is 1. The van der Waals surface area contributed by atoms with Crippen LogP contribution in [0.2, 0.25) is 0 Å². The quantitative estimate of drug-likeness (QED) is 0.887. The highest BCUT2D eigenvalue weighted by molar-refractivity contribution is 6.03. The number of carbonyl (C=O) groups is 2. The predicted octanol–water partition coefficient (Wildman–Crippen LogP) is 2.75. The summed E-state index contributed by atoms with van der Waals surface area (Å²) in [6.07, 6.45) is -0.781. The van der Waals surface area contributed by atoms with Gasteiger partial charge in [0.1, 0.15) is 28.4 Å². The van der Waals surface area contributed by atoms with Crippen LogP contribution >= 0.6 is 0 Å². The van der Waals surface area contributed by atoms with Crippen molar-refractivity contribution in [3.8, 4) is 11.5 Å². The van der Waals surface area contributed by atoms with Crippen LogP contribution in [0.1, 0.15) is 31.1 Å². The van der Waals surface area contributed by atoms with Crippen LogP contribution in [0.15, 0.2) is 12.1 Å². The average molecular weight is 297 g/mol. The summed E-state index contributed by atoms with van der Waals surface area (Å²) in [5, 5.41) is 11.7. The number of ether oxygens (including phenoxy) is 3. The number of nitrogens with one attached hydrogen (secondary N) is 1. The molecule has 0 saturated carbocycles. The molecule has 0 aliphatic heterocycles. The monoisotopic (exact) mass is 297 g/mol. The molecule has 0 atom stereocenters. The first-order valence-corrected chi connectivity index (χ1v) is 6.18. The van der Waals surface area contributed by atoms with E-state index in [4.69, 9.17) is 14.2 Å². The van der Waals surface area contributed by atoms with Crippen LogP contribution in [0.3, 0.4) is 0 Å². The number of carbonyl (C=O) groups excluding carboxylic acids is 1. The summed E-state index contributed by atoms with van der Waals surface area (Å²) in [6.45, 7) is 5.11. The fraction of sp³-hybridized carbons (Fsp3) is 0.429. The van der Waals surface area contributed by atoms with Crippen molar-refractivity contribution in [2.75, 3.05) is 19.5 Å². The topological polar surface area (TPSA) is 94.1 Å². The van der Waals surface area contributed by atoms with Gasteiger partial charge in [0.15, 0.2) is 0 Å². The van der Waals surface area contributed by atoms with Crippen LogP contribution < -0.4 is 14.8 Å². The molecule has 0 fully saturated rings. The van der Waals surface area contributed by atoms with Gasteiger partial charge in [-0.15, -0.1) is 0 Å². The third-order valence-corrected chi connectivity index (χ3v) is 2.41. The second kappa shape index (κ2) is 6.34. The number of hydrogen-bond donors (Lipinski definition) is 2. The first-order chi connectivity index (χ1) is 9.69. The van der Waals surface area contributed by atoms with Crippen molar-refractivity contribution in [2.45, 2.75) is 26.4 Å². The Kier molecular flexibility index (Phi) is 5.02. The van der Waals surface area contributed by atoms with Gasteiger partial charge in [-0.2, -0.15) is 0 Å². The van der Waals surface area contributed by atoms with E-state index in [1.54, 1.807) is 20.8 Å². The molecule has 0 spiro atoms. The van der Waals surface area contributed by atoms with Gasteiger partial charge in [-0.1, -0.05) is 0 Å². The zero-order chi connectivity index (χ0) is 16.2. The third-order valence-electron chi connectivity index (χ3n) is 2.41. The molecule has 0 bridgehead atoms. The summed E-state index contributed by atoms with van der Waals surface area (Å²) in [5.41, 5.74) is -0.930. The van der Waals surface area contributed by atoms with Gasteiger partial charge in [0.25, 0.3) is 0 Å². The lowest BCUT2D eigenvalue weighted by atomic mass is 10.1. The molecule has 7 heteroatoms. The van der Waals surface area contributed by atoms with Crippen molar-refractivity contribution >= 4 is 17.7 Å². The molecule has 0 radical (unpaired) electrons. The molecule has 0 saturated heterocycles. The standard InChI is InChI=1S/C14H19NO6/c1-14(2,3)21-13(18)15-11-9(20-5)7-6-8(19-4)10(11)12(16)17/h6-7H,1-5H3,(H,15,18)(H,16,17). The minimum Gasteiger partial charge on any atom is -0.496 e. The van der Waals surface area contributed by atoms with Crippen molar-refractivity contribution in [3.05, 3.63) is 17.7 Å². The third kappa shape index (κ3) is 4.27. The molecule has 2 N–H and O–H groups in total. The van der Waals surface area contributed by atoms with E-state index < -0.39 is 17.7 Å². The number of rotatable bonds is 4. The molecule has 0 unspecified atom stereocenters. The molecular weight excluding hydrogens is 278 g/mol. The molecule has 1 rings (SSSR count). The van der Waals surface area contributed by atoms with E-state index in [9.17, 15) is 14.7 Å². The van der Waals surface area contributed by atoms with Gasteiger partial charge >= 0.3 is 12.1 Å². The SMILES string of the molecule is COc1ccc(OC)c(C(=O)O)c1NC(=O)OC(C)(C)C. The molecule has 116 valence electrons. The summed E-state index contributed by atoms with van der Waals surface area (Å²) >= 11 is 0. The number of hydrogen-bond acceptors (Lipinski definition) is 5. The fourth-order valence-electron chi connectivity index (χ4n) is 1.65. The average Bonchev–Trinajstić information content (AvgIpc) is 2.35. The first kappa shape index (κ1) is 16.6. The van der Waals surface area contributed by atoms with Crippen molar-refractivity contribution in [3.63, 3.8) is 0 Å². The smallest absolute Gasteiger partial charge is 0.412 e. The summed E-state index contributed by atoms with van der Waals surface area (Å²) in [7, 11) is 2.71. The predicted molar refractivity (Wildman–Crippen MR) is 76.4 cm³/mol. The maximum absolute atomic E-state index is 11.8. The minimum absolute atomic E-state index is 0.0152.